The van der Waals surface area contributed by atoms with Gasteiger partial charge in [-0.05, 0) is 81.3 Å². The summed E-state index contributed by atoms with van der Waals surface area (Å²) >= 11 is 0. The highest BCUT2D eigenvalue weighted by Crippen LogP contribution is 2.48. The van der Waals surface area contributed by atoms with Gasteiger partial charge in [-0.15, -0.1) is 0 Å². The fourth-order valence-electron chi connectivity index (χ4n) is 5.44. The minimum absolute atomic E-state index is 0.196. The smallest absolute Gasteiger partial charge is 0.272 e. The SMILES string of the molecule is CCOc1ccc(-c2cc(C(=O)N/N=C(/C)[C@@H]3C[C@@H]4CC[C@@H]3C4)c3ccccc3n2)cc1. The second kappa shape index (κ2) is 8.73. The minimum Gasteiger partial charge on any atom is -0.494 e. The maximum Gasteiger partial charge on any atom is 0.272 e. The summed E-state index contributed by atoms with van der Waals surface area (Å²) in [6.07, 6.45) is 5.20. The Kier molecular flexibility index (Phi) is 5.64. The molecule has 0 saturated heterocycles. The van der Waals surface area contributed by atoms with Crippen LogP contribution in [0.3, 0.4) is 0 Å². The monoisotopic (exact) mass is 427 g/mol. The maximum absolute atomic E-state index is 13.2. The summed E-state index contributed by atoms with van der Waals surface area (Å²) in [4.78, 5) is 18.0. The van der Waals surface area contributed by atoms with Crippen molar-refractivity contribution in [1.82, 2.24) is 10.4 Å². The van der Waals surface area contributed by atoms with E-state index in [9.17, 15) is 4.79 Å². The molecule has 32 heavy (non-hydrogen) atoms. The first-order valence-corrected chi connectivity index (χ1v) is 11.6. The molecule has 2 aromatic carbocycles. The minimum atomic E-state index is -0.196. The molecule has 1 N–H and O–H groups in total. The number of hydrazone groups is 1. The molecule has 1 aromatic heterocycles. The Labute approximate surface area is 188 Å². The van der Waals surface area contributed by atoms with Gasteiger partial charge in [-0.3, -0.25) is 4.79 Å². The molecular formula is C27H29N3O2. The lowest BCUT2D eigenvalue weighted by Crippen LogP contribution is -2.24. The van der Waals surface area contributed by atoms with Crippen LogP contribution in [-0.2, 0) is 0 Å². The van der Waals surface area contributed by atoms with E-state index in [4.69, 9.17) is 9.72 Å². The molecule has 164 valence electrons. The summed E-state index contributed by atoms with van der Waals surface area (Å²) in [5, 5.41) is 5.35. The molecule has 0 unspecified atom stereocenters. The van der Waals surface area contributed by atoms with Gasteiger partial charge in [0.25, 0.3) is 5.91 Å². The first-order valence-electron chi connectivity index (χ1n) is 11.6. The normalized spacial score (nSPS) is 22.3. The average molecular weight is 428 g/mol. The summed E-state index contributed by atoms with van der Waals surface area (Å²) in [5.41, 5.74) is 6.96. The number of nitrogens with zero attached hydrogens (tertiary/aromatic N) is 2. The number of aromatic nitrogens is 1. The molecular weight excluding hydrogens is 398 g/mol. The Bertz CT molecular complexity index is 1170. The van der Waals surface area contributed by atoms with E-state index in [0.29, 0.717) is 18.1 Å². The standard InChI is InChI=1S/C27H29N3O2/c1-3-32-21-12-10-19(11-13-21)26-16-24(22-6-4-5-7-25(22)28-26)27(31)30-29-17(2)23-15-18-8-9-20(23)14-18/h4-7,10-13,16,18,20,23H,3,8-9,14-15H2,1-2H3,(H,30,31)/b29-17-/t18-,20-,23+/m1/s1. The quantitative estimate of drug-likeness (QED) is 0.397. The zero-order chi connectivity index (χ0) is 22.1. The Morgan fingerprint density at radius 2 is 1.94 bits per heavy atom. The number of pyridine rings is 1. The number of carbonyl (C=O) groups is 1. The zero-order valence-corrected chi connectivity index (χ0v) is 18.7. The van der Waals surface area contributed by atoms with Crippen molar-refractivity contribution in [2.75, 3.05) is 6.61 Å². The molecule has 3 aromatic rings. The van der Waals surface area contributed by atoms with Gasteiger partial charge in [-0.2, -0.15) is 5.10 Å². The van der Waals surface area contributed by atoms with E-state index in [1.54, 1.807) is 0 Å². The number of hydrogen-bond donors (Lipinski definition) is 1. The van der Waals surface area contributed by atoms with Gasteiger partial charge in [0, 0.05) is 22.6 Å². The molecule has 0 spiro atoms. The van der Waals surface area contributed by atoms with Crippen molar-refractivity contribution < 1.29 is 9.53 Å². The third kappa shape index (κ3) is 3.99. The van der Waals surface area contributed by atoms with Crippen LogP contribution in [0.25, 0.3) is 22.2 Å². The van der Waals surface area contributed by atoms with E-state index in [0.717, 1.165) is 45.5 Å². The fourth-order valence-corrected chi connectivity index (χ4v) is 5.44. The van der Waals surface area contributed by atoms with Crippen LogP contribution in [0.15, 0.2) is 59.7 Å². The van der Waals surface area contributed by atoms with Crippen LogP contribution >= 0.6 is 0 Å². The number of fused-ring (bicyclic) bond motifs is 3. The van der Waals surface area contributed by atoms with E-state index in [-0.39, 0.29) is 5.91 Å². The van der Waals surface area contributed by atoms with Gasteiger partial charge in [0.15, 0.2) is 0 Å². The number of para-hydroxylation sites is 1. The Balaban J connectivity index is 1.43. The van der Waals surface area contributed by atoms with Crippen LogP contribution in [0.4, 0.5) is 0 Å². The lowest BCUT2D eigenvalue weighted by Gasteiger charge is -2.21. The predicted molar refractivity (Wildman–Crippen MR) is 128 cm³/mol. The summed E-state index contributed by atoms with van der Waals surface area (Å²) < 4.78 is 5.54. The van der Waals surface area contributed by atoms with E-state index >= 15 is 0 Å². The molecule has 1 heterocycles. The van der Waals surface area contributed by atoms with Gasteiger partial charge in [0.05, 0.1) is 23.4 Å². The number of carbonyl (C=O) groups excluding carboxylic acids is 1. The molecule has 2 aliphatic carbocycles. The van der Waals surface area contributed by atoms with Gasteiger partial charge in [-0.25, -0.2) is 10.4 Å². The van der Waals surface area contributed by atoms with Crippen molar-refractivity contribution in [3.05, 3.63) is 60.2 Å². The topological polar surface area (TPSA) is 63.6 Å². The fraction of sp³-hybridized carbons (Fsp3) is 0.370. The summed E-state index contributed by atoms with van der Waals surface area (Å²) in [7, 11) is 0. The lowest BCUT2D eigenvalue weighted by molar-refractivity contribution is 0.0956. The second-order valence-electron chi connectivity index (χ2n) is 9.01. The first kappa shape index (κ1) is 20.7. The summed E-state index contributed by atoms with van der Waals surface area (Å²) in [5.74, 6) is 2.74. The molecule has 1 amide bonds. The molecule has 5 rings (SSSR count). The highest BCUT2D eigenvalue weighted by Gasteiger charge is 2.40. The van der Waals surface area contributed by atoms with Crippen LogP contribution in [-0.4, -0.2) is 23.2 Å². The summed E-state index contributed by atoms with van der Waals surface area (Å²) in [6, 6.07) is 17.4. The summed E-state index contributed by atoms with van der Waals surface area (Å²) in [6.45, 7) is 4.65. The van der Waals surface area contributed by atoms with Gasteiger partial charge in [0.1, 0.15) is 5.75 Å². The van der Waals surface area contributed by atoms with Crippen molar-refractivity contribution in [3.8, 4) is 17.0 Å². The number of rotatable bonds is 6. The van der Waals surface area contributed by atoms with E-state index in [2.05, 4.69) is 17.5 Å². The van der Waals surface area contributed by atoms with Crippen molar-refractivity contribution in [2.45, 2.75) is 39.5 Å². The van der Waals surface area contributed by atoms with Gasteiger partial charge in [0.2, 0.25) is 0 Å². The molecule has 2 bridgehead atoms. The average Bonchev–Trinajstić information content (AvgIpc) is 3.46. The molecule has 0 radical (unpaired) electrons. The largest absolute Gasteiger partial charge is 0.494 e. The molecule has 5 heteroatoms. The molecule has 2 saturated carbocycles. The number of amides is 1. The van der Waals surface area contributed by atoms with Crippen molar-refractivity contribution in [1.29, 1.82) is 0 Å². The number of nitrogens with one attached hydrogen (secondary N) is 1. The third-order valence-electron chi connectivity index (χ3n) is 7.03. The van der Waals surface area contributed by atoms with Crippen LogP contribution in [0.2, 0.25) is 0 Å². The van der Waals surface area contributed by atoms with Crippen molar-refractivity contribution >= 4 is 22.5 Å². The van der Waals surface area contributed by atoms with Gasteiger partial charge < -0.3 is 4.74 Å². The highest BCUT2D eigenvalue weighted by atomic mass is 16.5. The van der Waals surface area contributed by atoms with E-state index < -0.39 is 0 Å². The molecule has 2 fully saturated rings. The number of hydrogen-bond acceptors (Lipinski definition) is 4. The molecule has 2 aliphatic rings. The third-order valence-corrected chi connectivity index (χ3v) is 7.03. The lowest BCUT2D eigenvalue weighted by atomic mass is 9.86. The van der Waals surface area contributed by atoms with Crippen LogP contribution in [0.5, 0.6) is 5.75 Å². The molecule has 3 atom stereocenters. The van der Waals surface area contributed by atoms with Crippen molar-refractivity contribution in [3.63, 3.8) is 0 Å². The zero-order valence-electron chi connectivity index (χ0n) is 18.7. The van der Waals surface area contributed by atoms with Gasteiger partial charge in [-0.1, -0.05) is 24.6 Å². The number of benzene rings is 2. The molecule has 0 aliphatic heterocycles. The first-order chi connectivity index (χ1) is 15.6. The highest BCUT2D eigenvalue weighted by molar-refractivity contribution is 6.07. The second-order valence-corrected chi connectivity index (χ2v) is 9.01. The Morgan fingerprint density at radius 1 is 1.12 bits per heavy atom. The van der Waals surface area contributed by atoms with Crippen LogP contribution in [0, 0.1) is 17.8 Å². The van der Waals surface area contributed by atoms with E-state index in [1.165, 1.54) is 25.7 Å². The van der Waals surface area contributed by atoms with Gasteiger partial charge >= 0.3 is 0 Å². The van der Waals surface area contributed by atoms with Crippen molar-refractivity contribution in [2.24, 2.45) is 22.9 Å². The van der Waals surface area contributed by atoms with E-state index in [1.807, 2.05) is 61.5 Å². The van der Waals surface area contributed by atoms with Crippen LogP contribution < -0.4 is 10.2 Å². The van der Waals surface area contributed by atoms with Crippen LogP contribution in [0.1, 0.15) is 49.9 Å². The molecule has 5 nitrogen and oxygen atoms in total. The Morgan fingerprint density at radius 3 is 2.66 bits per heavy atom. The number of ether oxygens (including phenoxy) is 1. The predicted octanol–water partition coefficient (Wildman–Crippen LogP) is 5.84. The Hall–Kier alpha value is -3.21. The maximum atomic E-state index is 13.2.